The molecule has 10 heavy (non-hydrogen) atoms. The average molecular weight is 144 g/mol. The van der Waals surface area contributed by atoms with Gasteiger partial charge in [0, 0.05) is 0 Å². The Balaban J connectivity index is 0.000000810. The molecule has 0 atom stereocenters. The Hall–Kier alpha value is 0.350. The summed E-state index contributed by atoms with van der Waals surface area (Å²) in [6.07, 6.45) is 0. The molecule has 0 fully saturated rings. The third-order valence-corrected chi connectivity index (χ3v) is 1.53. The van der Waals surface area contributed by atoms with Crippen LogP contribution in [-0.2, 0) is 5.41 Å². The molecule has 0 saturated carbocycles. The monoisotopic (exact) mass is 144 g/mol. The maximum absolute atomic E-state index is 2.22. The molecule has 1 aromatic carbocycles. The van der Waals surface area contributed by atoms with Crippen LogP contribution in [0.5, 0.6) is 0 Å². The summed E-state index contributed by atoms with van der Waals surface area (Å²) in [4.78, 5) is 0. The molecule has 0 aliphatic carbocycles. The van der Waals surface area contributed by atoms with E-state index in [0.717, 1.165) is 0 Å². The fourth-order valence-corrected chi connectivity index (χ4v) is 0.874. The second-order valence-electron chi connectivity index (χ2n) is 3.42. The van der Waals surface area contributed by atoms with E-state index in [-0.39, 0.29) is 29.6 Å². The van der Waals surface area contributed by atoms with E-state index in [9.17, 15) is 0 Å². The maximum Gasteiger partial charge on any atom is 1.00 e. The molecule has 0 radical (unpaired) electrons. The minimum atomic E-state index is 0. The molecule has 0 unspecified atom stereocenters. The van der Waals surface area contributed by atoms with Crippen LogP contribution in [0, 0.1) is 0 Å². The van der Waals surface area contributed by atoms with Gasteiger partial charge in [-0.3, -0.25) is 0 Å². The van der Waals surface area contributed by atoms with Gasteiger partial charge in [0.1, 0.15) is 0 Å². The van der Waals surface area contributed by atoms with Crippen molar-refractivity contribution in [3.63, 3.8) is 0 Å². The molecule has 0 heterocycles. The fourth-order valence-electron chi connectivity index (χ4n) is 0.874. The van der Waals surface area contributed by atoms with Gasteiger partial charge < -0.3 is 0 Å². The SMILES string of the molecule is CC(C)(C)[c-]1cccc1.[Na+]. The summed E-state index contributed by atoms with van der Waals surface area (Å²) in [6.45, 7) is 6.67. The quantitative estimate of drug-likeness (QED) is 0.346. The summed E-state index contributed by atoms with van der Waals surface area (Å²) in [6, 6.07) is 8.50. The van der Waals surface area contributed by atoms with Crippen molar-refractivity contribution in [2.24, 2.45) is 0 Å². The van der Waals surface area contributed by atoms with Crippen LogP contribution < -0.4 is 29.6 Å². The molecular formula is C9H13Na. The fraction of sp³-hybridized carbons (Fsp3) is 0.444. The third-order valence-electron chi connectivity index (χ3n) is 1.53. The van der Waals surface area contributed by atoms with E-state index in [1.165, 1.54) is 5.56 Å². The minimum Gasteiger partial charge on any atom is -0.213 e. The molecule has 50 valence electrons. The van der Waals surface area contributed by atoms with Gasteiger partial charge in [0.25, 0.3) is 0 Å². The van der Waals surface area contributed by atoms with Gasteiger partial charge in [-0.1, -0.05) is 26.2 Å². The van der Waals surface area contributed by atoms with Crippen LogP contribution in [0.4, 0.5) is 0 Å². The van der Waals surface area contributed by atoms with Crippen molar-refractivity contribution >= 4 is 0 Å². The van der Waals surface area contributed by atoms with Crippen LogP contribution in [0.25, 0.3) is 0 Å². The first-order valence-electron chi connectivity index (χ1n) is 3.33. The first-order valence-corrected chi connectivity index (χ1v) is 3.33. The van der Waals surface area contributed by atoms with Gasteiger partial charge in [-0.2, -0.15) is 17.7 Å². The van der Waals surface area contributed by atoms with Crippen molar-refractivity contribution in [1.29, 1.82) is 0 Å². The summed E-state index contributed by atoms with van der Waals surface area (Å²) in [5.41, 5.74) is 1.74. The van der Waals surface area contributed by atoms with Gasteiger partial charge in [0.2, 0.25) is 0 Å². The van der Waals surface area contributed by atoms with E-state index < -0.39 is 0 Å². The average Bonchev–Trinajstić information content (AvgIpc) is 2.08. The van der Waals surface area contributed by atoms with Crippen LogP contribution >= 0.6 is 0 Å². The van der Waals surface area contributed by atoms with Gasteiger partial charge in [0.15, 0.2) is 0 Å². The largest absolute Gasteiger partial charge is 1.00 e. The smallest absolute Gasteiger partial charge is 0.213 e. The first-order chi connectivity index (χ1) is 4.11. The van der Waals surface area contributed by atoms with Gasteiger partial charge in [0.05, 0.1) is 0 Å². The van der Waals surface area contributed by atoms with E-state index in [2.05, 4.69) is 45.0 Å². The number of rotatable bonds is 0. The van der Waals surface area contributed by atoms with Gasteiger partial charge in [-0.15, -0.1) is 0 Å². The van der Waals surface area contributed by atoms with E-state index in [1.807, 2.05) is 0 Å². The van der Waals surface area contributed by atoms with Crippen LogP contribution in [-0.4, -0.2) is 0 Å². The van der Waals surface area contributed by atoms with Gasteiger partial charge in [-0.05, 0) is 0 Å². The zero-order valence-corrected chi connectivity index (χ0v) is 9.31. The van der Waals surface area contributed by atoms with Gasteiger partial charge >= 0.3 is 29.6 Å². The standard InChI is InChI=1S/C9H13.Na/c1-9(2,3)8-6-4-5-7-8;/h4-7H,1-3H3;/q-1;+1. The molecular weight excluding hydrogens is 131 g/mol. The number of hydrogen-bond donors (Lipinski definition) is 0. The van der Waals surface area contributed by atoms with Crippen LogP contribution in [0.15, 0.2) is 24.3 Å². The minimum absolute atomic E-state index is 0. The van der Waals surface area contributed by atoms with Crippen molar-refractivity contribution in [2.75, 3.05) is 0 Å². The molecule has 1 aromatic rings. The van der Waals surface area contributed by atoms with E-state index in [1.54, 1.807) is 0 Å². The van der Waals surface area contributed by atoms with Crippen molar-refractivity contribution in [1.82, 2.24) is 0 Å². The van der Waals surface area contributed by atoms with Crippen molar-refractivity contribution in [3.05, 3.63) is 29.8 Å². The number of hydrogen-bond acceptors (Lipinski definition) is 0. The Kier molecular flexibility index (Phi) is 3.79. The Morgan fingerprint density at radius 1 is 1.00 bits per heavy atom. The zero-order chi connectivity index (χ0) is 6.91. The zero-order valence-electron chi connectivity index (χ0n) is 7.31. The van der Waals surface area contributed by atoms with E-state index >= 15 is 0 Å². The van der Waals surface area contributed by atoms with E-state index in [0.29, 0.717) is 5.41 Å². The normalized spacial score (nSPS) is 10.7. The molecule has 0 spiro atoms. The summed E-state index contributed by atoms with van der Waals surface area (Å²) in [5, 5.41) is 0. The second kappa shape index (κ2) is 3.66. The van der Waals surface area contributed by atoms with Crippen LogP contribution in [0.3, 0.4) is 0 Å². The molecule has 0 aliphatic rings. The Labute approximate surface area is 85.3 Å². The Morgan fingerprint density at radius 3 is 1.60 bits per heavy atom. The van der Waals surface area contributed by atoms with Crippen molar-refractivity contribution in [3.8, 4) is 0 Å². The molecule has 1 heteroatoms. The summed E-state index contributed by atoms with van der Waals surface area (Å²) >= 11 is 0. The molecule has 0 aromatic heterocycles. The molecule has 0 aliphatic heterocycles. The van der Waals surface area contributed by atoms with E-state index in [4.69, 9.17) is 0 Å². The third kappa shape index (κ3) is 2.53. The summed E-state index contributed by atoms with van der Waals surface area (Å²) in [7, 11) is 0. The summed E-state index contributed by atoms with van der Waals surface area (Å²) in [5.74, 6) is 0. The molecule has 0 amide bonds. The Bertz CT molecular complexity index is 167. The van der Waals surface area contributed by atoms with Crippen molar-refractivity contribution < 1.29 is 29.6 Å². The second-order valence-corrected chi connectivity index (χ2v) is 3.42. The van der Waals surface area contributed by atoms with Crippen LogP contribution in [0.2, 0.25) is 0 Å². The molecule has 1 rings (SSSR count). The predicted molar refractivity (Wildman–Crippen MR) is 40.7 cm³/mol. The molecule has 0 nitrogen and oxygen atoms in total. The molecule has 0 saturated heterocycles. The molecule has 0 bridgehead atoms. The van der Waals surface area contributed by atoms with Crippen molar-refractivity contribution in [2.45, 2.75) is 26.2 Å². The maximum atomic E-state index is 2.22. The van der Waals surface area contributed by atoms with Crippen LogP contribution in [0.1, 0.15) is 26.3 Å². The predicted octanol–water partition coefficient (Wildman–Crippen LogP) is -0.293. The Morgan fingerprint density at radius 2 is 1.40 bits per heavy atom. The van der Waals surface area contributed by atoms with Gasteiger partial charge in [-0.25, -0.2) is 12.1 Å². The first kappa shape index (κ1) is 10.3. The summed E-state index contributed by atoms with van der Waals surface area (Å²) < 4.78 is 0. The molecule has 0 N–H and O–H groups in total. The topological polar surface area (TPSA) is 0 Å².